The lowest BCUT2D eigenvalue weighted by molar-refractivity contribution is 1.13. The molecule has 0 amide bonds. The molecule has 0 spiro atoms. The van der Waals surface area contributed by atoms with Crippen molar-refractivity contribution in [3.63, 3.8) is 0 Å². The van der Waals surface area contributed by atoms with E-state index < -0.39 is 0 Å². The number of benzene rings is 1. The molecule has 0 aliphatic carbocycles. The molecule has 1 nitrogen and oxygen atoms in total. The van der Waals surface area contributed by atoms with Gasteiger partial charge in [0.2, 0.25) is 0 Å². The molecule has 0 bridgehead atoms. The Morgan fingerprint density at radius 2 is 1.20 bits per heavy atom. The third kappa shape index (κ3) is 2.11. The summed E-state index contributed by atoms with van der Waals surface area (Å²) in [6.07, 6.45) is 2.02. The van der Waals surface area contributed by atoms with Crippen LogP contribution in [0.3, 0.4) is 0 Å². The first-order valence-corrected chi connectivity index (χ1v) is 5.57. The fourth-order valence-electron chi connectivity index (χ4n) is 1.91. The van der Waals surface area contributed by atoms with Gasteiger partial charge < -0.3 is 0 Å². The third-order valence-electron chi connectivity index (χ3n) is 3.46. The minimum absolute atomic E-state index is 0.852. The van der Waals surface area contributed by atoms with Crippen LogP contribution in [-0.4, -0.2) is 12.8 Å². The molecule has 0 aliphatic rings. The molecule has 0 atom stereocenters. The smallest absolute Gasteiger partial charge is 0.0361 e. The van der Waals surface area contributed by atoms with Crippen molar-refractivity contribution in [2.75, 3.05) is 6.54 Å². The SMILES string of the molecule is CCN=Cc1c(C)c(C)c(C)c(C)c1C. The molecular weight excluding hydrogens is 182 g/mol. The van der Waals surface area contributed by atoms with Gasteiger partial charge in [-0.3, -0.25) is 4.99 Å². The van der Waals surface area contributed by atoms with E-state index in [4.69, 9.17) is 0 Å². The van der Waals surface area contributed by atoms with Crippen molar-refractivity contribution in [1.29, 1.82) is 0 Å². The quantitative estimate of drug-likeness (QED) is 0.650. The number of nitrogens with zero attached hydrogens (tertiary/aromatic N) is 1. The van der Waals surface area contributed by atoms with Crippen LogP contribution in [0.4, 0.5) is 0 Å². The molecule has 0 unspecified atom stereocenters. The maximum Gasteiger partial charge on any atom is 0.0361 e. The second kappa shape index (κ2) is 4.61. The van der Waals surface area contributed by atoms with Crippen molar-refractivity contribution < 1.29 is 0 Å². The van der Waals surface area contributed by atoms with E-state index >= 15 is 0 Å². The normalized spacial score (nSPS) is 11.3. The van der Waals surface area contributed by atoms with Crippen LogP contribution < -0.4 is 0 Å². The van der Waals surface area contributed by atoms with Gasteiger partial charge in [0.1, 0.15) is 0 Å². The van der Waals surface area contributed by atoms with E-state index in [9.17, 15) is 0 Å². The third-order valence-corrected chi connectivity index (χ3v) is 3.46. The summed E-state index contributed by atoms with van der Waals surface area (Å²) < 4.78 is 0. The number of aliphatic imine (C=N–C) groups is 1. The number of rotatable bonds is 2. The summed E-state index contributed by atoms with van der Waals surface area (Å²) >= 11 is 0. The predicted octanol–water partition coefficient (Wildman–Crippen LogP) is 3.67. The Morgan fingerprint density at radius 3 is 1.60 bits per heavy atom. The average molecular weight is 203 g/mol. The molecular formula is C14H21N. The Bertz CT molecular complexity index is 371. The molecule has 0 fully saturated rings. The largest absolute Gasteiger partial charge is 0.293 e. The molecule has 15 heavy (non-hydrogen) atoms. The summed E-state index contributed by atoms with van der Waals surface area (Å²) in [6, 6.07) is 0. The van der Waals surface area contributed by atoms with Gasteiger partial charge in [-0.2, -0.15) is 0 Å². The highest BCUT2D eigenvalue weighted by atomic mass is 14.7. The molecule has 1 aromatic carbocycles. The number of hydrogen-bond acceptors (Lipinski definition) is 1. The van der Waals surface area contributed by atoms with E-state index in [0.29, 0.717) is 0 Å². The Kier molecular flexibility index (Phi) is 3.67. The standard InChI is InChI=1S/C14H21N/c1-7-15-8-14-12(5)10(3)9(2)11(4)13(14)6/h8H,7H2,1-6H3. The van der Waals surface area contributed by atoms with E-state index in [-0.39, 0.29) is 0 Å². The van der Waals surface area contributed by atoms with Gasteiger partial charge in [-0.25, -0.2) is 0 Å². The van der Waals surface area contributed by atoms with Crippen molar-refractivity contribution in [2.45, 2.75) is 41.5 Å². The Labute approximate surface area is 93.2 Å². The molecule has 0 saturated heterocycles. The van der Waals surface area contributed by atoms with E-state index in [1.165, 1.54) is 33.4 Å². The average Bonchev–Trinajstić information content (AvgIpc) is 2.24. The zero-order chi connectivity index (χ0) is 11.6. The van der Waals surface area contributed by atoms with Gasteiger partial charge in [0.25, 0.3) is 0 Å². The summed E-state index contributed by atoms with van der Waals surface area (Å²) in [6.45, 7) is 13.9. The fraction of sp³-hybridized carbons (Fsp3) is 0.500. The van der Waals surface area contributed by atoms with Crippen molar-refractivity contribution in [3.05, 3.63) is 33.4 Å². The van der Waals surface area contributed by atoms with Crippen molar-refractivity contribution in [2.24, 2.45) is 4.99 Å². The molecule has 0 heterocycles. The minimum Gasteiger partial charge on any atom is -0.293 e. The van der Waals surface area contributed by atoms with Crippen LogP contribution in [0.5, 0.6) is 0 Å². The first kappa shape index (κ1) is 12.0. The second-order valence-electron chi connectivity index (χ2n) is 4.17. The first-order chi connectivity index (χ1) is 7.00. The molecule has 0 aliphatic heterocycles. The maximum atomic E-state index is 4.35. The zero-order valence-corrected chi connectivity index (χ0v) is 10.7. The molecule has 0 saturated carbocycles. The Balaban J connectivity index is 3.45. The highest BCUT2D eigenvalue weighted by Crippen LogP contribution is 2.24. The van der Waals surface area contributed by atoms with Crippen LogP contribution in [0, 0.1) is 34.6 Å². The number of hydrogen-bond donors (Lipinski definition) is 0. The van der Waals surface area contributed by atoms with Gasteiger partial charge in [-0.15, -0.1) is 0 Å². The monoisotopic (exact) mass is 203 g/mol. The zero-order valence-electron chi connectivity index (χ0n) is 10.7. The summed E-state index contributed by atoms with van der Waals surface area (Å²) in [5, 5.41) is 0. The lowest BCUT2D eigenvalue weighted by Crippen LogP contribution is -2.02. The van der Waals surface area contributed by atoms with Crippen LogP contribution >= 0.6 is 0 Å². The van der Waals surface area contributed by atoms with Crippen LogP contribution in [0.2, 0.25) is 0 Å². The van der Waals surface area contributed by atoms with Gasteiger partial charge in [0.15, 0.2) is 0 Å². The minimum atomic E-state index is 0.852. The van der Waals surface area contributed by atoms with Crippen LogP contribution in [-0.2, 0) is 0 Å². The second-order valence-corrected chi connectivity index (χ2v) is 4.17. The predicted molar refractivity (Wildman–Crippen MR) is 68.3 cm³/mol. The van der Waals surface area contributed by atoms with Crippen molar-refractivity contribution in [1.82, 2.24) is 0 Å². The summed E-state index contributed by atoms with van der Waals surface area (Å²) in [5.74, 6) is 0. The Morgan fingerprint density at radius 1 is 0.800 bits per heavy atom. The van der Waals surface area contributed by atoms with Gasteiger partial charge in [-0.1, -0.05) is 0 Å². The van der Waals surface area contributed by atoms with Crippen LogP contribution in [0.1, 0.15) is 40.3 Å². The van der Waals surface area contributed by atoms with Gasteiger partial charge in [0.05, 0.1) is 0 Å². The molecule has 0 radical (unpaired) electrons. The van der Waals surface area contributed by atoms with E-state index in [0.717, 1.165) is 6.54 Å². The summed E-state index contributed by atoms with van der Waals surface area (Å²) in [4.78, 5) is 4.35. The van der Waals surface area contributed by atoms with E-state index in [2.05, 4.69) is 46.5 Å². The lowest BCUT2D eigenvalue weighted by atomic mass is 9.90. The van der Waals surface area contributed by atoms with Crippen LogP contribution in [0.15, 0.2) is 4.99 Å². The van der Waals surface area contributed by atoms with Gasteiger partial charge in [0, 0.05) is 12.8 Å². The molecule has 1 rings (SSSR count). The summed E-state index contributed by atoms with van der Waals surface area (Å²) in [7, 11) is 0. The van der Waals surface area contributed by atoms with Gasteiger partial charge >= 0.3 is 0 Å². The highest BCUT2D eigenvalue weighted by Gasteiger charge is 2.09. The maximum absolute atomic E-state index is 4.35. The van der Waals surface area contributed by atoms with E-state index in [1.807, 2.05) is 6.21 Å². The van der Waals surface area contributed by atoms with Crippen molar-refractivity contribution >= 4 is 6.21 Å². The van der Waals surface area contributed by atoms with E-state index in [1.54, 1.807) is 0 Å². The molecule has 1 aromatic rings. The Hall–Kier alpha value is -1.11. The summed E-state index contributed by atoms with van der Waals surface area (Å²) in [5.41, 5.74) is 8.25. The molecule has 1 heteroatoms. The molecule has 0 N–H and O–H groups in total. The highest BCUT2D eigenvalue weighted by molar-refractivity contribution is 5.85. The molecule has 82 valence electrons. The van der Waals surface area contributed by atoms with Crippen molar-refractivity contribution in [3.8, 4) is 0 Å². The molecule has 0 aromatic heterocycles. The fourth-order valence-corrected chi connectivity index (χ4v) is 1.91. The van der Waals surface area contributed by atoms with Gasteiger partial charge in [-0.05, 0) is 74.9 Å². The lowest BCUT2D eigenvalue weighted by Gasteiger charge is -2.15. The topological polar surface area (TPSA) is 12.4 Å². The first-order valence-electron chi connectivity index (χ1n) is 5.57. The van der Waals surface area contributed by atoms with Crippen LogP contribution in [0.25, 0.3) is 0 Å².